The molecular weight excluding hydrogens is 220 g/mol. The van der Waals surface area contributed by atoms with Gasteiger partial charge < -0.3 is 15.6 Å². The van der Waals surface area contributed by atoms with E-state index >= 15 is 0 Å². The molecule has 1 aromatic rings. The lowest BCUT2D eigenvalue weighted by Gasteiger charge is -2.09. The van der Waals surface area contributed by atoms with Gasteiger partial charge in [0.15, 0.2) is 0 Å². The Kier molecular flexibility index (Phi) is 4.68. The fraction of sp³-hybridized carbons (Fsp3) is 0.545. The van der Waals surface area contributed by atoms with Crippen LogP contribution in [0.1, 0.15) is 26.1 Å². The molecule has 6 nitrogen and oxygen atoms in total. The van der Waals surface area contributed by atoms with Crippen LogP contribution in [0.5, 0.6) is 0 Å². The molecule has 1 rings (SSSR count). The lowest BCUT2D eigenvalue weighted by molar-refractivity contribution is -0.121. The van der Waals surface area contributed by atoms with Gasteiger partial charge in [-0.15, -0.1) is 0 Å². The number of anilines is 1. The number of nitrogens with zero attached hydrogens (tertiary/aromatic N) is 1. The molecular formula is C11H18N4O2. The van der Waals surface area contributed by atoms with Crippen LogP contribution >= 0.6 is 0 Å². The van der Waals surface area contributed by atoms with Crippen molar-refractivity contribution >= 4 is 11.7 Å². The Hall–Kier alpha value is -1.85. The number of carbonyl (C=O) groups is 1. The van der Waals surface area contributed by atoms with Gasteiger partial charge in [-0.2, -0.15) is 0 Å². The maximum absolute atomic E-state index is 11.3. The van der Waals surface area contributed by atoms with Crippen LogP contribution in [0, 0.1) is 6.92 Å². The highest BCUT2D eigenvalue weighted by Crippen LogP contribution is 1.97. The number of aromatic amines is 1. The van der Waals surface area contributed by atoms with Gasteiger partial charge in [-0.3, -0.25) is 9.59 Å². The van der Waals surface area contributed by atoms with Gasteiger partial charge in [-0.05, 0) is 20.8 Å². The number of aromatic nitrogens is 2. The largest absolute Gasteiger partial charge is 0.369 e. The molecule has 0 radical (unpaired) electrons. The maximum atomic E-state index is 11.3. The standard InChI is InChI=1S/C11H18N4O2/c1-7(2)13-10(16)4-5-12-9-6-11(17)15-8(3)14-9/h6-7H,4-5H2,1-3H3,(H,13,16)(H2,12,14,15,17). The topological polar surface area (TPSA) is 86.9 Å². The second-order valence-corrected chi connectivity index (χ2v) is 4.12. The van der Waals surface area contributed by atoms with Crippen molar-refractivity contribution in [2.75, 3.05) is 11.9 Å². The molecule has 1 heterocycles. The molecule has 0 bridgehead atoms. The van der Waals surface area contributed by atoms with Gasteiger partial charge in [0, 0.05) is 25.1 Å². The first-order chi connectivity index (χ1) is 7.97. The van der Waals surface area contributed by atoms with Crippen LogP contribution in [0.25, 0.3) is 0 Å². The number of aryl methyl sites for hydroxylation is 1. The van der Waals surface area contributed by atoms with Crippen molar-refractivity contribution in [3.63, 3.8) is 0 Å². The summed E-state index contributed by atoms with van der Waals surface area (Å²) in [4.78, 5) is 29.1. The summed E-state index contributed by atoms with van der Waals surface area (Å²) in [5.41, 5.74) is -0.202. The van der Waals surface area contributed by atoms with Gasteiger partial charge in [0.1, 0.15) is 11.6 Å². The summed E-state index contributed by atoms with van der Waals surface area (Å²) in [5, 5.41) is 5.72. The van der Waals surface area contributed by atoms with E-state index in [0.717, 1.165) is 0 Å². The van der Waals surface area contributed by atoms with Crippen LogP contribution in [-0.2, 0) is 4.79 Å². The monoisotopic (exact) mass is 238 g/mol. The zero-order chi connectivity index (χ0) is 12.8. The predicted molar refractivity (Wildman–Crippen MR) is 66.0 cm³/mol. The number of H-pyrrole nitrogens is 1. The molecule has 0 fully saturated rings. The van der Waals surface area contributed by atoms with Crippen LogP contribution in [-0.4, -0.2) is 28.5 Å². The smallest absolute Gasteiger partial charge is 0.252 e. The second-order valence-electron chi connectivity index (χ2n) is 4.12. The SMILES string of the molecule is Cc1nc(NCCC(=O)NC(C)C)cc(=O)[nH]1. The highest BCUT2D eigenvalue weighted by Gasteiger charge is 2.03. The van der Waals surface area contributed by atoms with E-state index in [0.29, 0.717) is 24.6 Å². The zero-order valence-corrected chi connectivity index (χ0v) is 10.3. The van der Waals surface area contributed by atoms with Crippen molar-refractivity contribution in [3.05, 3.63) is 22.2 Å². The van der Waals surface area contributed by atoms with Gasteiger partial charge >= 0.3 is 0 Å². The van der Waals surface area contributed by atoms with Crippen molar-refractivity contribution in [2.45, 2.75) is 33.2 Å². The Morgan fingerprint density at radius 3 is 2.82 bits per heavy atom. The fourth-order valence-corrected chi connectivity index (χ4v) is 1.37. The minimum absolute atomic E-state index is 0.0194. The molecule has 0 saturated heterocycles. The molecule has 0 spiro atoms. The molecule has 17 heavy (non-hydrogen) atoms. The molecule has 94 valence electrons. The molecule has 0 atom stereocenters. The molecule has 0 saturated carbocycles. The Balaban J connectivity index is 2.40. The van der Waals surface area contributed by atoms with E-state index in [-0.39, 0.29) is 17.5 Å². The van der Waals surface area contributed by atoms with Crippen LogP contribution in [0.15, 0.2) is 10.9 Å². The van der Waals surface area contributed by atoms with E-state index in [2.05, 4.69) is 20.6 Å². The predicted octanol–water partition coefficient (Wildman–Crippen LogP) is 0.405. The quantitative estimate of drug-likeness (QED) is 0.693. The average Bonchev–Trinajstić information content (AvgIpc) is 2.14. The van der Waals surface area contributed by atoms with Crippen molar-refractivity contribution in [1.29, 1.82) is 0 Å². The van der Waals surface area contributed by atoms with Crippen LogP contribution in [0.2, 0.25) is 0 Å². The number of rotatable bonds is 5. The Bertz CT molecular complexity index is 439. The Morgan fingerprint density at radius 2 is 2.24 bits per heavy atom. The summed E-state index contributed by atoms with van der Waals surface area (Å²) < 4.78 is 0. The lowest BCUT2D eigenvalue weighted by Crippen LogP contribution is -2.31. The number of amides is 1. The number of carbonyl (C=O) groups excluding carboxylic acids is 1. The molecule has 6 heteroatoms. The number of nitrogens with one attached hydrogen (secondary N) is 3. The van der Waals surface area contributed by atoms with Crippen molar-refractivity contribution in [1.82, 2.24) is 15.3 Å². The van der Waals surface area contributed by atoms with E-state index in [4.69, 9.17) is 0 Å². The minimum atomic E-state index is -0.202. The average molecular weight is 238 g/mol. The number of hydrogen-bond donors (Lipinski definition) is 3. The van der Waals surface area contributed by atoms with Crippen molar-refractivity contribution < 1.29 is 4.79 Å². The molecule has 0 aliphatic heterocycles. The van der Waals surface area contributed by atoms with E-state index in [9.17, 15) is 9.59 Å². The molecule has 3 N–H and O–H groups in total. The second kappa shape index (κ2) is 6.03. The molecule has 0 unspecified atom stereocenters. The molecule has 0 aromatic carbocycles. The summed E-state index contributed by atoms with van der Waals surface area (Å²) in [6.07, 6.45) is 0.353. The normalized spacial score (nSPS) is 10.4. The first kappa shape index (κ1) is 13.2. The first-order valence-corrected chi connectivity index (χ1v) is 5.58. The molecule has 1 aromatic heterocycles. The van der Waals surface area contributed by atoms with Gasteiger partial charge in [-0.1, -0.05) is 0 Å². The van der Waals surface area contributed by atoms with E-state index in [1.54, 1.807) is 6.92 Å². The van der Waals surface area contributed by atoms with E-state index in [1.807, 2.05) is 13.8 Å². The minimum Gasteiger partial charge on any atom is -0.369 e. The van der Waals surface area contributed by atoms with Crippen molar-refractivity contribution in [3.8, 4) is 0 Å². The van der Waals surface area contributed by atoms with Crippen LogP contribution in [0.4, 0.5) is 5.82 Å². The highest BCUT2D eigenvalue weighted by atomic mass is 16.1. The Morgan fingerprint density at radius 1 is 1.53 bits per heavy atom. The van der Waals surface area contributed by atoms with Gasteiger partial charge in [0.2, 0.25) is 5.91 Å². The molecule has 1 amide bonds. The van der Waals surface area contributed by atoms with Gasteiger partial charge in [0.25, 0.3) is 5.56 Å². The van der Waals surface area contributed by atoms with Crippen LogP contribution in [0.3, 0.4) is 0 Å². The van der Waals surface area contributed by atoms with Gasteiger partial charge in [0.05, 0.1) is 0 Å². The summed E-state index contributed by atoms with van der Waals surface area (Å²) in [7, 11) is 0. The maximum Gasteiger partial charge on any atom is 0.252 e. The van der Waals surface area contributed by atoms with Gasteiger partial charge in [-0.25, -0.2) is 4.98 Å². The lowest BCUT2D eigenvalue weighted by atomic mass is 10.3. The Labute approximate surface area is 99.8 Å². The first-order valence-electron chi connectivity index (χ1n) is 5.58. The number of hydrogen-bond acceptors (Lipinski definition) is 4. The molecule has 0 aliphatic rings. The third kappa shape index (κ3) is 5.14. The van der Waals surface area contributed by atoms with Crippen molar-refractivity contribution in [2.24, 2.45) is 0 Å². The summed E-state index contributed by atoms with van der Waals surface area (Å²) in [6.45, 7) is 5.98. The third-order valence-electron chi connectivity index (χ3n) is 1.97. The summed E-state index contributed by atoms with van der Waals surface area (Å²) >= 11 is 0. The zero-order valence-electron chi connectivity index (χ0n) is 10.3. The summed E-state index contributed by atoms with van der Waals surface area (Å²) in [5.74, 6) is 1.02. The summed E-state index contributed by atoms with van der Waals surface area (Å²) in [6, 6.07) is 1.51. The van der Waals surface area contributed by atoms with E-state index in [1.165, 1.54) is 6.07 Å². The highest BCUT2D eigenvalue weighted by molar-refractivity contribution is 5.76. The fourth-order valence-electron chi connectivity index (χ4n) is 1.37. The van der Waals surface area contributed by atoms with Crippen LogP contribution < -0.4 is 16.2 Å². The van der Waals surface area contributed by atoms with E-state index < -0.39 is 0 Å². The molecule has 0 aliphatic carbocycles. The third-order valence-corrected chi connectivity index (χ3v) is 1.97.